The van der Waals surface area contributed by atoms with Gasteiger partial charge in [-0.25, -0.2) is 13.1 Å². The Morgan fingerprint density at radius 2 is 2.11 bits per heavy atom. The maximum atomic E-state index is 12.2. The van der Waals surface area contributed by atoms with Gasteiger partial charge in [-0.3, -0.25) is 4.68 Å². The monoisotopic (exact) mass is 280 g/mol. The van der Waals surface area contributed by atoms with Gasteiger partial charge in [0.2, 0.25) is 10.0 Å². The Bertz CT molecular complexity index is 664. The highest BCUT2D eigenvalue weighted by Gasteiger charge is 2.17. The zero-order valence-corrected chi connectivity index (χ0v) is 11.4. The molecule has 0 unspecified atom stereocenters. The molecule has 1 aromatic heterocycles. The molecule has 1 aromatic carbocycles. The van der Waals surface area contributed by atoms with E-state index in [1.165, 1.54) is 0 Å². The van der Waals surface area contributed by atoms with Crippen LogP contribution < -0.4 is 10.5 Å². The number of aryl methyl sites for hydroxylation is 1. The lowest BCUT2D eigenvalue weighted by Crippen LogP contribution is -2.24. The minimum absolute atomic E-state index is 0.184. The first-order valence-corrected chi connectivity index (χ1v) is 7.26. The van der Waals surface area contributed by atoms with Crippen LogP contribution in [0.2, 0.25) is 0 Å². The summed E-state index contributed by atoms with van der Waals surface area (Å²) in [5.74, 6) is 0. The second-order valence-corrected chi connectivity index (χ2v) is 5.89. The highest BCUT2D eigenvalue weighted by molar-refractivity contribution is 7.89. The summed E-state index contributed by atoms with van der Waals surface area (Å²) in [6, 6.07) is 6.70. The molecule has 0 fully saturated rings. The number of nitrogens with zero attached hydrogens (tertiary/aromatic N) is 2. The molecule has 0 saturated heterocycles. The summed E-state index contributed by atoms with van der Waals surface area (Å²) < 4.78 is 28.6. The molecule has 0 aliphatic rings. The van der Waals surface area contributed by atoms with Gasteiger partial charge in [0.15, 0.2) is 0 Å². The summed E-state index contributed by atoms with van der Waals surface area (Å²) in [7, 11) is -1.78. The third kappa shape index (κ3) is 3.19. The van der Waals surface area contributed by atoms with Gasteiger partial charge in [0.1, 0.15) is 0 Å². The molecule has 0 radical (unpaired) electrons. The molecule has 1 heterocycles. The second-order valence-electron chi connectivity index (χ2n) is 4.16. The Balaban J connectivity index is 2.18. The van der Waals surface area contributed by atoms with Gasteiger partial charge in [0.25, 0.3) is 0 Å². The molecule has 19 heavy (non-hydrogen) atoms. The van der Waals surface area contributed by atoms with Crippen LogP contribution in [0.3, 0.4) is 0 Å². The normalized spacial score (nSPS) is 11.7. The average Bonchev–Trinajstić information content (AvgIpc) is 2.82. The van der Waals surface area contributed by atoms with Gasteiger partial charge in [0.05, 0.1) is 11.1 Å². The lowest BCUT2D eigenvalue weighted by Gasteiger charge is -2.09. The molecule has 0 saturated carbocycles. The van der Waals surface area contributed by atoms with Crippen molar-refractivity contribution >= 4 is 10.0 Å². The van der Waals surface area contributed by atoms with E-state index < -0.39 is 10.0 Å². The number of sulfonamides is 1. The second kappa shape index (κ2) is 5.52. The molecular formula is C12H16N4O2S. The first kappa shape index (κ1) is 13.7. The molecule has 6 nitrogen and oxygen atoms in total. The molecule has 0 atom stereocenters. The molecule has 0 aliphatic carbocycles. The van der Waals surface area contributed by atoms with Crippen LogP contribution in [-0.2, 0) is 30.2 Å². The van der Waals surface area contributed by atoms with Gasteiger partial charge in [0, 0.05) is 31.9 Å². The van der Waals surface area contributed by atoms with E-state index in [9.17, 15) is 8.42 Å². The van der Waals surface area contributed by atoms with Crippen molar-refractivity contribution in [1.29, 1.82) is 0 Å². The topological polar surface area (TPSA) is 90.0 Å². The fourth-order valence-corrected chi connectivity index (χ4v) is 3.02. The first-order chi connectivity index (χ1) is 9.03. The Labute approximate surface area is 112 Å². The maximum absolute atomic E-state index is 12.2. The van der Waals surface area contributed by atoms with Crippen LogP contribution in [0.15, 0.2) is 41.6 Å². The minimum Gasteiger partial charge on any atom is -0.326 e. The Hall–Kier alpha value is -1.70. The summed E-state index contributed by atoms with van der Waals surface area (Å²) in [5, 5.41) is 3.99. The van der Waals surface area contributed by atoms with Crippen molar-refractivity contribution in [2.45, 2.75) is 18.0 Å². The number of aromatic nitrogens is 2. The number of nitrogens with two attached hydrogens (primary N) is 1. The third-order valence-corrected chi connectivity index (χ3v) is 4.21. The summed E-state index contributed by atoms with van der Waals surface area (Å²) in [6.45, 7) is 0.388. The van der Waals surface area contributed by atoms with Gasteiger partial charge in [-0.1, -0.05) is 18.2 Å². The number of benzene rings is 1. The van der Waals surface area contributed by atoms with Crippen molar-refractivity contribution in [3.63, 3.8) is 0 Å². The SMILES string of the molecule is Cn1cc(CNS(=O)(=O)c2ccccc2CN)cn1. The van der Waals surface area contributed by atoms with Crippen LogP contribution in [0.4, 0.5) is 0 Å². The molecule has 0 aliphatic heterocycles. The molecular weight excluding hydrogens is 264 g/mol. The summed E-state index contributed by atoms with van der Waals surface area (Å²) in [4.78, 5) is 0.224. The zero-order chi connectivity index (χ0) is 13.9. The number of hydrogen-bond acceptors (Lipinski definition) is 4. The largest absolute Gasteiger partial charge is 0.326 e. The average molecular weight is 280 g/mol. The Kier molecular flexibility index (Phi) is 3.98. The summed E-state index contributed by atoms with van der Waals surface area (Å²) in [5.41, 5.74) is 6.95. The van der Waals surface area contributed by atoms with Gasteiger partial charge in [-0.15, -0.1) is 0 Å². The van der Waals surface area contributed by atoms with Crippen molar-refractivity contribution in [3.8, 4) is 0 Å². The quantitative estimate of drug-likeness (QED) is 0.827. The zero-order valence-electron chi connectivity index (χ0n) is 10.6. The summed E-state index contributed by atoms with van der Waals surface area (Å²) >= 11 is 0. The Morgan fingerprint density at radius 3 is 2.74 bits per heavy atom. The molecule has 0 bridgehead atoms. The van der Waals surface area contributed by atoms with Crippen LogP contribution in [0.5, 0.6) is 0 Å². The number of hydrogen-bond donors (Lipinski definition) is 2. The maximum Gasteiger partial charge on any atom is 0.241 e. The summed E-state index contributed by atoms with van der Waals surface area (Å²) in [6.07, 6.45) is 3.38. The molecule has 2 aromatic rings. The van der Waals surface area contributed by atoms with Crippen molar-refractivity contribution in [2.75, 3.05) is 0 Å². The van der Waals surface area contributed by atoms with Crippen molar-refractivity contribution < 1.29 is 8.42 Å². The van der Waals surface area contributed by atoms with Gasteiger partial charge >= 0.3 is 0 Å². The van der Waals surface area contributed by atoms with Crippen molar-refractivity contribution in [1.82, 2.24) is 14.5 Å². The molecule has 0 amide bonds. The minimum atomic E-state index is -3.56. The highest BCUT2D eigenvalue weighted by atomic mass is 32.2. The highest BCUT2D eigenvalue weighted by Crippen LogP contribution is 2.15. The molecule has 102 valence electrons. The van der Waals surface area contributed by atoms with Crippen molar-refractivity contribution in [3.05, 3.63) is 47.8 Å². The number of rotatable bonds is 5. The van der Waals surface area contributed by atoms with E-state index in [1.807, 2.05) is 0 Å². The van der Waals surface area contributed by atoms with E-state index in [-0.39, 0.29) is 18.0 Å². The first-order valence-electron chi connectivity index (χ1n) is 5.78. The van der Waals surface area contributed by atoms with E-state index in [2.05, 4.69) is 9.82 Å². The predicted molar refractivity (Wildman–Crippen MR) is 71.6 cm³/mol. The third-order valence-electron chi connectivity index (χ3n) is 2.71. The molecule has 3 N–H and O–H groups in total. The van der Waals surface area contributed by atoms with Gasteiger partial charge in [-0.05, 0) is 11.6 Å². The van der Waals surface area contributed by atoms with E-state index in [4.69, 9.17) is 5.73 Å². The van der Waals surface area contributed by atoms with Crippen LogP contribution >= 0.6 is 0 Å². The van der Waals surface area contributed by atoms with Crippen LogP contribution in [0, 0.1) is 0 Å². The fraction of sp³-hybridized carbons (Fsp3) is 0.250. The molecule has 0 spiro atoms. The van der Waals surface area contributed by atoms with Crippen LogP contribution in [-0.4, -0.2) is 18.2 Å². The van der Waals surface area contributed by atoms with E-state index >= 15 is 0 Å². The Morgan fingerprint density at radius 1 is 1.37 bits per heavy atom. The van der Waals surface area contributed by atoms with Crippen molar-refractivity contribution in [2.24, 2.45) is 12.8 Å². The van der Waals surface area contributed by atoms with E-state index in [0.29, 0.717) is 5.56 Å². The van der Waals surface area contributed by atoms with Crippen LogP contribution in [0.1, 0.15) is 11.1 Å². The lowest BCUT2D eigenvalue weighted by molar-refractivity contribution is 0.580. The van der Waals surface area contributed by atoms with Crippen LogP contribution in [0.25, 0.3) is 0 Å². The van der Waals surface area contributed by atoms with E-state index in [0.717, 1.165) is 5.56 Å². The fourth-order valence-electron chi connectivity index (χ4n) is 1.75. The standard InChI is InChI=1S/C12H16N4O2S/c1-16-9-10(7-14-16)8-15-19(17,18)12-5-3-2-4-11(12)6-13/h2-5,7,9,15H,6,8,13H2,1H3. The predicted octanol–water partition coefficient (Wildman–Crippen LogP) is 0.357. The van der Waals surface area contributed by atoms with Gasteiger partial charge in [-0.2, -0.15) is 5.10 Å². The lowest BCUT2D eigenvalue weighted by atomic mass is 10.2. The van der Waals surface area contributed by atoms with Gasteiger partial charge < -0.3 is 5.73 Å². The molecule has 2 rings (SSSR count). The smallest absolute Gasteiger partial charge is 0.241 e. The van der Waals surface area contributed by atoms with E-state index in [1.54, 1.807) is 48.4 Å². The molecule has 7 heteroatoms. The number of nitrogens with one attached hydrogen (secondary N) is 1.